The predicted octanol–water partition coefficient (Wildman–Crippen LogP) is 1.13. The zero-order chi connectivity index (χ0) is 15.0. The van der Waals surface area contributed by atoms with E-state index in [2.05, 4.69) is 39.2 Å². The van der Waals surface area contributed by atoms with Gasteiger partial charge in [0.1, 0.15) is 5.82 Å². The monoisotopic (exact) mass is 289 g/mol. The third-order valence-corrected chi connectivity index (χ3v) is 4.08. The van der Waals surface area contributed by atoms with Gasteiger partial charge in [0.25, 0.3) is 0 Å². The average molecular weight is 289 g/mol. The smallest absolute Gasteiger partial charge is 0.163 e. The van der Waals surface area contributed by atoms with Crippen molar-refractivity contribution in [3.63, 3.8) is 0 Å². The fourth-order valence-electron chi connectivity index (χ4n) is 3.37. The van der Waals surface area contributed by atoms with E-state index in [1.807, 2.05) is 7.05 Å². The fraction of sp³-hybridized carbons (Fsp3) is 0.643. The lowest BCUT2D eigenvalue weighted by Crippen LogP contribution is -2.38. The van der Waals surface area contributed by atoms with Crippen LogP contribution in [0.15, 0.2) is 6.20 Å². The number of hydrazine groups is 1. The summed E-state index contributed by atoms with van der Waals surface area (Å²) in [6.45, 7) is 7.57. The second kappa shape index (κ2) is 5.57. The summed E-state index contributed by atoms with van der Waals surface area (Å²) in [6, 6.07) is 0. The Labute approximate surface area is 124 Å². The molecule has 0 spiro atoms. The van der Waals surface area contributed by atoms with E-state index in [1.54, 1.807) is 10.9 Å². The number of nitrogens with zero attached hydrogens (tertiary/aromatic N) is 5. The highest BCUT2D eigenvalue weighted by molar-refractivity contribution is 5.86. The number of aryl methyl sites for hydroxylation is 1. The van der Waals surface area contributed by atoms with Crippen molar-refractivity contribution in [2.24, 2.45) is 24.7 Å². The van der Waals surface area contributed by atoms with Crippen LogP contribution in [0.25, 0.3) is 11.0 Å². The van der Waals surface area contributed by atoms with Crippen molar-refractivity contribution in [1.29, 1.82) is 0 Å². The van der Waals surface area contributed by atoms with Crippen molar-refractivity contribution in [3.8, 4) is 0 Å². The Morgan fingerprint density at radius 3 is 2.67 bits per heavy atom. The molecule has 0 aliphatic carbocycles. The number of rotatable bonds is 3. The molecular formula is C14H23N7. The quantitative estimate of drug-likeness (QED) is 0.651. The summed E-state index contributed by atoms with van der Waals surface area (Å²) in [4.78, 5) is 11.6. The highest BCUT2D eigenvalue weighted by atomic mass is 15.3. The third kappa shape index (κ3) is 2.84. The maximum Gasteiger partial charge on any atom is 0.163 e. The maximum absolute atomic E-state index is 5.58. The van der Waals surface area contributed by atoms with Crippen molar-refractivity contribution in [3.05, 3.63) is 12.0 Å². The molecule has 3 heterocycles. The lowest BCUT2D eigenvalue weighted by Gasteiger charge is -2.34. The topological polar surface area (TPSA) is 84.9 Å². The highest BCUT2D eigenvalue weighted by Gasteiger charge is 2.23. The van der Waals surface area contributed by atoms with Crippen LogP contribution in [0.4, 0.5) is 5.82 Å². The van der Waals surface area contributed by atoms with Gasteiger partial charge in [-0.1, -0.05) is 13.8 Å². The molecule has 0 bridgehead atoms. The normalized spacial score (nSPS) is 23.6. The van der Waals surface area contributed by atoms with Gasteiger partial charge in [-0.2, -0.15) is 5.10 Å². The van der Waals surface area contributed by atoms with E-state index in [-0.39, 0.29) is 0 Å². The van der Waals surface area contributed by atoms with Gasteiger partial charge >= 0.3 is 0 Å². The number of nitrogen functional groups attached to an aromatic ring is 1. The molecule has 3 rings (SSSR count). The van der Waals surface area contributed by atoms with E-state index < -0.39 is 0 Å². The van der Waals surface area contributed by atoms with Crippen LogP contribution in [0.5, 0.6) is 0 Å². The van der Waals surface area contributed by atoms with Crippen LogP contribution in [0.3, 0.4) is 0 Å². The van der Waals surface area contributed by atoms with E-state index in [0.717, 1.165) is 48.3 Å². The molecule has 1 aliphatic heterocycles. The second-order valence-corrected chi connectivity index (χ2v) is 6.28. The van der Waals surface area contributed by atoms with E-state index >= 15 is 0 Å². The highest BCUT2D eigenvalue weighted by Crippen LogP contribution is 2.23. The summed E-state index contributed by atoms with van der Waals surface area (Å²) < 4.78 is 1.75. The molecule has 1 fully saturated rings. The number of anilines is 1. The Hall–Kier alpha value is -1.73. The molecule has 3 N–H and O–H groups in total. The predicted molar refractivity (Wildman–Crippen MR) is 82.3 cm³/mol. The summed E-state index contributed by atoms with van der Waals surface area (Å²) >= 11 is 0. The molecule has 114 valence electrons. The zero-order valence-electron chi connectivity index (χ0n) is 12.9. The van der Waals surface area contributed by atoms with Crippen LogP contribution in [-0.2, 0) is 13.6 Å². The largest absolute Gasteiger partial charge is 0.308 e. The third-order valence-electron chi connectivity index (χ3n) is 4.08. The van der Waals surface area contributed by atoms with Crippen molar-refractivity contribution in [2.75, 3.05) is 18.5 Å². The van der Waals surface area contributed by atoms with E-state index in [4.69, 9.17) is 5.84 Å². The van der Waals surface area contributed by atoms with Gasteiger partial charge in [0.15, 0.2) is 11.5 Å². The van der Waals surface area contributed by atoms with Gasteiger partial charge in [0, 0.05) is 20.1 Å². The van der Waals surface area contributed by atoms with Crippen LogP contribution in [-0.4, -0.2) is 37.7 Å². The molecule has 0 saturated carbocycles. The van der Waals surface area contributed by atoms with Gasteiger partial charge in [0.2, 0.25) is 0 Å². The number of nitrogens with two attached hydrogens (primary N) is 1. The number of likely N-dealkylation sites (tertiary alicyclic amines) is 1. The van der Waals surface area contributed by atoms with Crippen LogP contribution < -0.4 is 11.3 Å². The van der Waals surface area contributed by atoms with Gasteiger partial charge < -0.3 is 5.43 Å². The SMILES string of the molecule is CC1CC(C)CN(Cc2nc(NN)c3cnn(C)c3n2)C1. The summed E-state index contributed by atoms with van der Waals surface area (Å²) in [5.74, 6) is 8.46. The first-order valence-electron chi connectivity index (χ1n) is 7.44. The molecule has 1 saturated heterocycles. The lowest BCUT2D eigenvalue weighted by atomic mass is 9.92. The van der Waals surface area contributed by atoms with Crippen molar-refractivity contribution < 1.29 is 0 Å². The molecule has 7 nitrogen and oxygen atoms in total. The first-order chi connectivity index (χ1) is 10.1. The maximum atomic E-state index is 5.58. The lowest BCUT2D eigenvalue weighted by molar-refractivity contribution is 0.131. The Kier molecular flexibility index (Phi) is 3.77. The molecule has 0 aromatic carbocycles. The molecular weight excluding hydrogens is 266 g/mol. The van der Waals surface area contributed by atoms with E-state index in [9.17, 15) is 0 Å². The Morgan fingerprint density at radius 2 is 2.00 bits per heavy atom. The number of piperidine rings is 1. The van der Waals surface area contributed by atoms with Gasteiger partial charge in [-0.25, -0.2) is 15.8 Å². The second-order valence-electron chi connectivity index (χ2n) is 6.28. The van der Waals surface area contributed by atoms with Crippen molar-refractivity contribution >= 4 is 16.9 Å². The summed E-state index contributed by atoms with van der Waals surface area (Å²) in [5.41, 5.74) is 3.47. The molecule has 7 heteroatoms. The number of aromatic nitrogens is 4. The fourth-order valence-corrected chi connectivity index (χ4v) is 3.37. The number of nitrogens with one attached hydrogen (secondary N) is 1. The van der Waals surface area contributed by atoms with Crippen LogP contribution in [0.2, 0.25) is 0 Å². The zero-order valence-corrected chi connectivity index (χ0v) is 12.9. The number of hydrogen-bond donors (Lipinski definition) is 2. The number of hydrogen-bond acceptors (Lipinski definition) is 6. The first kappa shape index (κ1) is 14.2. The van der Waals surface area contributed by atoms with Gasteiger partial charge in [0.05, 0.1) is 18.1 Å². The Bertz CT molecular complexity index is 626. The summed E-state index contributed by atoms with van der Waals surface area (Å²) in [5, 5.41) is 5.07. The van der Waals surface area contributed by atoms with Gasteiger partial charge in [-0.05, 0) is 18.3 Å². The Morgan fingerprint density at radius 1 is 1.29 bits per heavy atom. The molecule has 2 aromatic rings. The summed E-state index contributed by atoms with van der Waals surface area (Å²) in [7, 11) is 1.88. The number of fused-ring (bicyclic) bond motifs is 1. The minimum atomic E-state index is 0.640. The van der Waals surface area contributed by atoms with Gasteiger partial charge in [-0.15, -0.1) is 0 Å². The molecule has 2 unspecified atom stereocenters. The van der Waals surface area contributed by atoms with Crippen LogP contribution in [0.1, 0.15) is 26.1 Å². The van der Waals surface area contributed by atoms with Crippen LogP contribution in [0, 0.1) is 11.8 Å². The van der Waals surface area contributed by atoms with E-state index in [0.29, 0.717) is 5.82 Å². The van der Waals surface area contributed by atoms with Crippen molar-refractivity contribution in [1.82, 2.24) is 24.6 Å². The minimum Gasteiger partial charge on any atom is -0.308 e. The molecule has 0 radical (unpaired) electrons. The molecule has 21 heavy (non-hydrogen) atoms. The standard InChI is InChI=1S/C14H23N7/c1-9-4-10(2)7-21(6-9)8-12-17-13(19-15)11-5-16-20(3)14(11)18-12/h5,9-10H,4,6-8,15H2,1-3H3,(H,17,18,19). The molecule has 2 atom stereocenters. The molecule has 1 aliphatic rings. The van der Waals surface area contributed by atoms with E-state index in [1.165, 1.54) is 6.42 Å². The molecule has 2 aromatic heterocycles. The molecule has 0 amide bonds. The van der Waals surface area contributed by atoms with Crippen LogP contribution >= 0.6 is 0 Å². The Balaban J connectivity index is 1.88. The first-order valence-corrected chi connectivity index (χ1v) is 7.44. The van der Waals surface area contributed by atoms with Gasteiger partial charge in [-0.3, -0.25) is 9.58 Å². The minimum absolute atomic E-state index is 0.640. The van der Waals surface area contributed by atoms with Crippen molar-refractivity contribution in [2.45, 2.75) is 26.8 Å². The average Bonchev–Trinajstić information content (AvgIpc) is 2.79. The summed E-state index contributed by atoms with van der Waals surface area (Å²) in [6.07, 6.45) is 3.03.